The number of pyridine rings is 1. The van der Waals surface area contributed by atoms with Crippen LogP contribution in [0.2, 0.25) is 0 Å². The lowest BCUT2D eigenvalue weighted by Crippen LogP contribution is -2.14. The van der Waals surface area contributed by atoms with Crippen molar-refractivity contribution in [3.05, 3.63) is 58.5 Å². The van der Waals surface area contributed by atoms with Crippen molar-refractivity contribution in [3.8, 4) is 0 Å². The fraction of sp³-hybridized carbons (Fsp3) is 0.200. The van der Waals surface area contributed by atoms with Crippen LogP contribution in [0.25, 0.3) is 0 Å². The maximum Gasteiger partial charge on any atom is 0.257 e. The zero-order chi connectivity index (χ0) is 14.0. The number of benzene rings is 1. The van der Waals surface area contributed by atoms with Crippen molar-refractivity contribution in [1.29, 1.82) is 0 Å². The summed E-state index contributed by atoms with van der Waals surface area (Å²) in [7, 11) is 0. The Hall–Kier alpha value is -2.23. The van der Waals surface area contributed by atoms with E-state index in [4.69, 9.17) is 0 Å². The van der Waals surface area contributed by atoms with Crippen molar-refractivity contribution in [2.75, 3.05) is 5.32 Å². The Morgan fingerprint density at radius 1 is 1.16 bits per heavy atom. The molecular formula is C15H15FN2O. The van der Waals surface area contributed by atoms with Gasteiger partial charge >= 0.3 is 0 Å². The second kappa shape index (κ2) is 5.18. The van der Waals surface area contributed by atoms with Gasteiger partial charge in [-0.05, 0) is 62.2 Å². The Kier molecular flexibility index (Phi) is 3.60. The number of amides is 1. The number of halogens is 1. The second-order valence-electron chi connectivity index (χ2n) is 4.58. The molecule has 0 fully saturated rings. The highest BCUT2D eigenvalue weighted by molar-refractivity contribution is 6.04. The maximum absolute atomic E-state index is 13.0. The summed E-state index contributed by atoms with van der Waals surface area (Å²) in [6, 6.07) is 7.81. The highest BCUT2D eigenvalue weighted by atomic mass is 19.1. The first kappa shape index (κ1) is 13.2. The summed E-state index contributed by atoms with van der Waals surface area (Å²) in [5.74, 6) is -0.125. The first-order chi connectivity index (χ1) is 8.95. The van der Waals surface area contributed by atoms with Crippen LogP contribution in [0, 0.1) is 26.6 Å². The van der Waals surface area contributed by atoms with Gasteiger partial charge in [-0.15, -0.1) is 0 Å². The molecule has 0 saturated heterocycles. The monoisotopic (exact) mass is 258 g/mol. The van der Waals surface area contributed by atoms with Gasteiger partial charge in [0.05, 0.1) is 0 Å². The molecule has 0 saturated carbocycles. The topological polar surface area (TPSA) is 42.0 Å². The lowest BCUT2D eigenvalue weighted by atomic mass is 10.1. The van der Waals surface area contributed by atoms with Gasteiger partial charge in [0.2, 0.25) is 0 Å². The molecule has 1 N–H and O–H groups in total. The lowest BCUT2D eigenvalue weighted by Gasteiger charge is -2.08. The molecule has 19 heavy (non-hydrogen) atoms. The summed E-state index contributed by atoms with van der Waals surface area (Å²) in [5.41, 5.74) is 2.91. The van der Waals surface area contributed by atoms with E-state index in [1.165, 1.54) is 18.2 Å². The van der Waals surface area contributed by atoms with Crippen LogP contribution in [-0.4, -0.2) is 10.9 Å². The van der Waals surface area contributed by atoms with Crippen molar-refractivity contribution >= 4 is 11.7 Å². The van der Waals surface area contributed by atoms with Gasteiger partial charge in [0.15, 0.2) is 0 Å². The van der Waals surface area contributed by atoms with Crippen molar-refractivity contribution < 1.29 is 9.18 Å². The molecule has 2 rings (SSSR count). The molecule has 4 heteroatoms. The smallest absolute Gasteiger partial charge is 0.257 e. The van der Waals surface area contributed by atoms with Crippen molar-refractivity contribution in [1.82, 2.24) is 4.98 Å². The Balaban J connectivity index is 2.25. The van der Waals surface area contributed by atoms with E-state index in [0.29, 0.717) is 16.9 Å². The molecule has 2 aromatic rings. The number of hydrogen-bond donors (Lipinski definition) is 1. The van der Waals surface area contributed by atoms with E-state index in [9.17, 15) is 9.18 Å². The zero-order valence-electron chi connectivity index (χ0n) is 11.1. The van der Waals surface area contributed by atoms with Crippen LogP contribution < -0.4 is 5.32 Å². The van der Waals surface area contributed by atoms with E-state index in [0.717, 1.165) is 11.3 Å². The van der Waals surface area contributed by atoms with E-state index in [1.807, 2.05) is 19.9 Å². The highest BCUT2D eigenvalue weighted by Gasteiger charge is 2.10. The van der Waals surface area contributed by atoms with Gasteiger partial charge in [0.1, 0.15) is 11.6 Å². The SMILES string of the molecule is Cc1cc(C)nc(NC(=O)c2ccc(F)cc2C)c1. The fourth-order valence-corrected chi connectivity index (χ4v) is 1.97. The van der Waals surface area contributed by atoms with Gasteiger partial charge in [0.25, 0.3) is 5.91 Å². The molecule has 0 aliphatic rings. The quantitative estimate of drug-likeness (QED) is 0.897. The third-order valence-electron chi connectivity index (χ3n) is 2.77. The van der Waals surface area contributed by atoms with Crippen molar-refractivity contribution in [2.45, 2.75) is 20.8 Å². The number of rotatable bonds is 2. The summed E-state index contributed by atoms with van der Waals surface area (Å²) < 4.78 is 13.0. The summed E-state index contributed by atoms with van der Waals surface area (Å²) in [6.45, 7) is 5.51. The van der Waals surface area contributed by atoms with Gasteiger partial charge in [0, 0.05) is 11.3 Å². The predicted octanol–water partition coefficient (Wildman–Crippen LogP) is 3.40. The largest absolute Gasteiger partial charge is 0.307 e. The molecule has 0 spiro atoms. The number of nitrogens with zero attached hydrogens (tertiary/aromatic N) is 1. The number of aryl methyl sites for hydroxylation is 3. The van der Waals surface area contributed by atoms with Gasteiger partial charge in [-0.1, -0.05) is 0 Å². The Morgan fingerprint density at radius 3 is 2.53 bits per heavy atom. The second-order valence-corrected chi connectivity index (χ2v) is 4.58. The minimum atomic E-state index is -0.349. The van der Waals surface area contributed by atoms with Crippen LogP contribution in [0.5, 0.6) is 0 Å². The summed E-state index contributed by atoms with van der Waals surface area (Å²) in [5, 5.41) is 2.73. The average Bonchev–Trinajstić information content (AvgIpc) is 2.26. The van der Waals surface area contributed by atoms with Gasteiger partial charge in [-0.25, -0.2) is 9.37 Å². The molecule has 0 aliphatic heterocycles. The summed E-state index contributed by atoms with van der Waals surface area (Å²) in [4.78, 5) is 16.3. The van der Waals surface area contributed by atoms with Crippen LogP contribution in [0.4, 0.5) is 10.2 Å². The number of carbonyl (C=O) groups excluding carboxylic acids is 1. The molecule has 1 aromatic heterocycles. The van der Waals surface area contributed by atoms with E-state index < -0.39 is 0 Å². The average molecular weight is 258 g/mol. The molecule has 0 atom stereocenters. The van der Waals surface area contributed by atoms with Crippen LogP contribution in [0.3, 0.4) is 0 Å². The first-order valence-electron chi connectivity index (χ1n) is 5.98. The normalized spacial score (nSPS) is 10.3. The van der Waals surface area contributed by atoms with E-state index in [-0.39, 0.29) is 11.7 Å². The summed E-state index contributed by atoms with van der Waals surface area (Å²) in [6.07, 6.45) is 0. The molecule has 1 aromatic carbocycles. The van der Waals surface area contributed by atoms with E-state index in [1.54, 1.807) is 13.0 Å². The minimum absolute atomic E-state index is 0.282. The highest BCUT2D eigenvalue weighted by Crippen LogP contribution is 2.14. The van der Waals surface area contributed by atoms with Crippen LogP contribution in [-0.2, 0) is 0 Å². The Bertz CT molecular complexity index is 618. The number of anilines is 1. The standard InChI is InChI=1S/C15H15FN2O/c1-9-6-11(3)17-14(7-9)18-15(19)13-5-4-12(16)8-10(13)2/h4-8H,1-3H3,(H,17,18,19). The Labute approximate surface area is 111 Å². The van der Waals surface area contributed by atoms with Crippen LogP contribution in [0.15, 0.2) is 30.3 Å². The molecule has 98 valence electrons. The Morgan fingerprint density at radius 2 is 1.89 bits per heavy atom. The molecular weight excluding hydrogens is 243 g/mol. The summed E-state index contributed by atoms with van der Waals surface area (Å²) >= 11 is 0. The molecule has 0 aliphatic carbocycles. The zero-order valence-corrected chi connectivity index (χ0v) is 11.1. The molecule has 0 unspecified atom stereocenters. The van der Waals surface area contributed by atoms with E-state index in [2.05, 4.69) is 10.3 Å². The van der Waals surface area contributed by atoms with Gasteiger partial charge in [-0.3, -0.25) is 4.79 Å². The molecule has 3 nitrogen and oxygen atoms in total. The minimum Gasteiger partial charge on any atom is -0.307 e. The number of nitrogens with one attached hydrogen (secondary N) is 1. The van der Waals surface area contributed by atoms with Gasteiger partial charge in [-0.2, -0.15) is 0 Å². The number of hydrogen-bond acceptors (Lipinski definition) is 2. The van der Waals surface area contributed by atoms with E-state index >= 15 is 0 Å². The predicted molar refractivity (Wildman–Crippen MR) is 72.8 cm³/mol. The van der Waals surface area contributed by atoms with Crippen molar-refractivity contribution in [3.63, 3.8) is 0 Å². The number of carbonyl (C=O) groups is 1. The third kappa shape index (κ3) is 3.16. The molecule has 1 amide bonds. The van der Waals surface area contributed by atoms with Gasteiger partial charge < -0.3 is 5.32 Å². The number of aromatic nitrogens is 1. The first-order valence-corrected chi connectivity index (χ1v) is 5.98. The third-order valence-corrected chi connectivity index (χ3v) is 2.77. The van der Waals surface area contributed by atoms with Crippen LogP contribution >= 0.6 is 0 Å². The lowest BCUT2D eigenvalue weighted by molar-refractivity contribution is 0.102. The molecule has 1 heterocycles. The van der Waals surface area contributed by atoms with Crippen molar-refractivity contribution in [2.24, 2.45) is 0 Å². The van der Waals surface area contributed by atoms with Crippen LogP contribution in [0.1, 0.15) is 27.2 Å². The fourth-order valence-electron chi connectivity index (χ4n) is 1.97. The molecule has 0 radical (unpaired) electrons. The molecule has 0 bridgehead atoms. The maximum atomic E-state index is 13.0.